The maximum atomic E-state index is 12.0. The molecule has 0 radical (unpaired) electrons. The summed E-state index contributed by atoms with van der Waals surface area (Å²) in [4.78, 5) is 12.0. The first-order chi connectivity index (χ1) is 9.79. The zero-order valence-electron chi connectivity index (χ0n) is 12.1. The summed E-state index contributed by atoms with van der Waals surface area (Å²) in [5.41, 5.74) is 1.02. The SMILES string of the molecule is CCOc1ccccc1CNC(=O)CC1CCOCC1. The monoisotopic (exact) mass is 277 g/mol. The lowest BCUT2D eigenvalue weighted by Crippen LogP contribution is -2.27. The Morgan fingerprint density at radius 1 is 1.35 bits per heavy atom. The Hall–Kier alpha value is -1.55. The van der Waals surface area contributed by atoms with Gasteiger partial charge in [-0.15, -0.1) is 0 Å². The molecule has 0 unspecified atom stereocenters. The van der Waals surface area contributed by atoms with Crippen molar-refractivity contribution in [1.29, 1.82) is 0 Å². The van der Waals surface area contributed by atoms with E-state index >= 15 is 0 Å². The van der Waals surface area contributed by atoms with Crippen molar-refractivity contribution in [2.24, 2.45) is 5.92 Å². The highest BCUT2D eigenvalue weighted by molar-refractivity contribution is 5.76. The normalized spacial score (nSPS) is 15.8. The van der Waals surface area contributed by atoms with E-state index < -0.39 is 0 Å². The van der Waals surface area contributed by atoms with Crippen LogP contribution in [0.2, 0.25) is 0 Å². The van der Waals surface area contributed by atoms with Crippen LogP contribution >= 0.6 is 0 Å². The second-order valence-electron chi connectivity index (χ2n) is 5.08. The first-order valence-electron chi connectivity index (χ1n) is 7.34. The minimum atomic E-state index is 0.114. The first kappa shape index (κ1) is 14.9. The summed E-state index contributed by atoms with van der Waals surface area (Å²) in [6, 6.07) is 7.82. The van der Waals surface area contributed by atoms with Crippen molar-refractivity contribution in [1.82, 2.24) is 5.32 Å². The standard InChI is InChI=1S/C16H23NO3/c1-2-20-15-6-4-3-5-14(15)12-17-16(18)11-13-7-9-19-10-8-13/h3-6,13H,2,7-12H2,1H3,(H,17,18). The molecule has 2 rings (SSSR count). The molecule has 1 aliphatic rings. The third-order valence-electron chi connectivity index (χ3n) is 3.56. The molecule has 1 saturated heterocycles. The number of rotatable bonds is 6. The Labute approximate surface area is 120 Å². The molecule has 0 spiro atoms. The van der Waals surface area contributed by atoms with E-state index in [0.29, 0.717) is 25.5 Å². The number of hydrogen-bond acceptors (Lipinski definition) is 3. The second kappa shape index (κ2) is 7.90. The number of para-hydroxylation sites is 1. The van der Waals surface area contributed by atoms with Crippen LogP contribution in [0, 0.1) is 5.92 Å². The third kappa shape index (κ3) is 4.53. The number of carbonyl (C=O) groups excluding carboxylic acids is 1. The number of benzene rings is 1. The molecule has 1 heterocycles. The van der Waals surface area contributed by atoms with E-state index in [1.165, 1.54) is 0 Å². The Balaban J connectivity index is 1.80. The summed E-state index contributed by atoms with van der Waals surface area (Å²) in [6.07, 6.45) is 2.58. The summed E-state index contributed by atoms with van der Waals surface area (Å²) in [7, 11) is 0. The van der Waals surface area contributed by atoms with Crippen molar-refractivity contribution in [3.63, 3.8) is 0 Å². The van der Waals surface area contributed by atoms with Gasteiger partial charge in [0.1, 0.15) is 5.75 Å². The highest BCUT2D eigenvalue weighted by Crippen LogP contribution is 2.19. The largest absolute Gasteiger partial charge is 0.494 e. The Bertz CT molecular complexity index is 427. The lowest BCUT2D eigenvalue weighted by molar-refractivity contribution is -0.122. The van der Waals surface area contributed by atoms with E-state index in [0.717, 1.165) is 37.4 Å². The van der Waals surface area contributed by atoms with Crippen LogP contribution in [0.5, 0.6) is 5.75 Å². The van der Waals surface area contributed by atoms with Crippen LogP contribution in [0.1, 0.15) is 31.7 Å². The second-order valence-corrected chi connectivity index (χ2v) is 5.08. The Morgan fingerprint density at radius 3 is 2.85 bits per heavy atom. The van der Waals surface area contributed by atoms with Crippen molar-refractivity contribution in [2.45, 2.75) is 32.7 Å². The smallest absolute Gasteiger partial charge is 0.220 e. The molecule has 1 aliphatic heterocycles. The van der Waals surface area contributed by atoms with Gasteiger partial charge in [0.05, 0.1) is 6.61 Å². The number of amides is 1. The average molecular weight is 277 g/mol. The molecule has 1 aromatic carbocycles. The van der Waals surface area contributed by atoms with Gasteiger partial charge in [-0.2, -0.15) is 0 Å². The molecule has 1 fully saturated rings. The van der Waals surface area contributed by atoms with Gasteiger partial charge in [0.15, 0.2) is 0 Å². The zero-order chi connectivity index (χ0) is 14.2. The molecule has 20 heavy (non-hydrogen) atoms. The van der Waals surface area contributed by atoms with Gasteiger partial charge >= 0.3 is 0 Å². The van der Waals surface area contributed by atoms with Crippen LogP contribution in [-0.4, -0.2) is 25.7 Å². The molecule has 1 aromatic rings. The molecular formula is C16H23NO3. The fourth-order valence-electron chi connectivity index (χ4n) is 2.42. The van der Waals surface area contributed by atoms with Gasteiger partial charge in [-0.25, -0.2) is 0 Å². The Kier molecular flexibility index (Phi) is 5.87. The predicted molar refractivity (Wildman–Crippen MR) is 77.6 cm³/mol. The minimum Gasteiger partial charge on any atom is -0.494 e. The van der Waals surface area contributed by atoms with Crippen LogP contribution < -0.4 is 10.1 Å². The molecule has 0 aliphatic carbocycles. The summed E-state index contributed by atoms with van der Waals surface area (Å²) < 4.78 is 10.9. The number of hydrogen-bond donors (Lipinski definition) is 1. The summed E-state index contributed by atoms with van der Waals surface area (Å²) in [5, 5.41) is 2.99. The number of nitrogens with one attached hydrogen (secondary N) is 1. The van der Waals surface area contributed by atoms with Gasteiger partial charge < -0.3 is 14.8 Å². The third-order valence-corrected chi connectivity index (χ3v) is 3.56. The molecular weight excluding hydrogens is 254 g/mol. The van der Waals surface area contributed by atoms with Crippen LogP contribution in [-0.2, 0) is 16.1 Å². The lowest BCUT2D eigenvalue weighted by atomic mass is 9.96. The molecule has 1 N–H and O–H groups in total. The van der Waals surface area contributed by atoms with Crippen molar-refractivity contribution in [2.75, 3.05) is 19.8 Å². The maximum absolute atomic E-state index is 12.0. The van der Waals surface area contributed by atoms with E-state index in [9.17, 15) is 4.79 Å². The number of carbonyl (C=O) groups is 1. The molecule has 4 nitrogen and oxygen atoms in total. The quantitative estimate of drug-likeness (QED) is 0.869. The molecule has 0 bridgehead atoms. The highest BCUT2D eigenvalue weighted by Gasteiger charge is 2.17. The lowest BCUT2D eigenvalue weighted by Gasteiger charge is -2.21. The van der Waals surface area contributed by atoms with Crippen LogP contribution in [0.15, 0.2) is 24.3 Å². The van der Waals surface area contributed by atoms with E-state index in [1.54, 1.807) is 0 Å². The molecule has 0 aromatic heterocycles. The van der Waals surface area contributed by atoms with E-state index in [1.807, 2.05) is 31.2 Å². The summed E-state index contributed by atoms with van der Waals surface area (Å²) in [5.74, 6) is 1.43. The highest BCUT2D eigenvalue weighted by atomic mass is 16.5. The minimum absolute atomic E-state index is 0.114. The topological polar surface area (TPSA) is 47.6 Å². The average Bonchev–Trinajstić information content (AvgIpc) is 2.48. The summed E-state index contributed by atoms with van der Waals surface area (Å²) in [6.45, 7) is 4.68. The molecule has 1 amide bonds. The van der Waals surface area contributed by atoms with E-state index in [2.05, 4.69) is 5.32 Å². The molecule has 0 atom stereocenters. The maximum Gasteiger partial charge on any atom is 0.220 e. The fourth-order valence-corrected chi connectivity index (χ4v) is 2.42. The van der Waals surface area contributed by atoms with Crippen LogP contribution in [0.25, 0.3) is 0 Å². The van der Waals surface area contributed by atoms with Crippen molar-refractivity contribution in [3.8, 4) is 5.75 Å². The van der Waals surface area contributed by atoms with Crippen molar-refractivity contribution < 1.29 is 14.3 Å². The van der Waals surface area contributed by atoms with Gasteiger partial charge in [0.2, 0.25) is 5.91 Å². The van der Waals surface area contributed by atoms with Crippen molar-refractivity contribution in [3.05, 3.63) is 29.8 Å². The first-order valence-corrected chi connectivity index (χ1v) is 7.34. The summed E-state index contributed by atoms with van der Waals surface area (Å²) >= 11 is 0. The van der Waals surface area contributed by atoms with Gasteiger partial charge in [-0.05, 0) is 31.7 Å². The molecule has 4 heteroatoms. The van der Waals surface area contributed by atoms with Crippen LogP contribution in [0.3, 0.4) is 0 Å². The predicted octanol–water partition coefficient (Wildman–Crippen LogP) is 2.52. The molecule has 0 saturated carbocycles. The fraction of sp³-hybridized carbons (Fsp3) is 0.562. The van der Waals surface area contributed by atoms with Gasteiger partial charge in [-0.3, -0.25) is 4.79 Å². The van der Waals surface area contributed by atoms with E-state index in [4.69, 9.17) is 9.47 Å². The van der Waals surface area contributed by atoms with Gasteiger partial charge in [-0.1, -0.05) is 18.2 Å². The van der Waals surface area contributed by atoms with E-state index in [-0.39, 0.29) is 5.91 Å². The van der Waals surface area contributed by atoms with Crippen LogP contribution in [0.4, 0.5) is 0 Å². The zero-order valence-corrected chi connectivity index (χ0v) is 12.1. The van der Waals surface area contributed by atoms with Gasteiger partial charge in [0.25, 0.3) is 0 Å². The van der Waals surface area contributed by atoms with Crippen molar-refractivity contribution >= 4 is 5.91 Å². The number of ether oxygens (including phenoxy) is 2. The molecule has 110 valence electrons. The van der Waals surface area contributed by atoms with Gasteiger partial charge in [0, 0.05) is 31.7 Å². The Morgan fingerprint density at radius 2 is 2.10 bits per heavy atom.